The van der Waals surface area contributed by atoms with Crippen LogP contribution in [0.4, 0.5) is 0 Å². The van der Waals surface area contributed by atoms with Crippen molar-refractivity contribution in [3.8, 4) is 5.75 Å². The molecule has 1 aromatic rings. The molecule has 0 aliphatic rings. The van der Waals surface area contributed by atoms with Crippen LogP contribution in [0.1, 0.15) is 41.1 Å². The van der Waals surface area contributed by atoms with Crippen LogP contribution in [0.3, 0.4) is 0 Å². The lowest BCUT2D eigenvalue weighted by atomic mass is 9.92. The van der Waals surface area contributed by atoms with E-state index in [2.05, 4.69) is 22.9 Å². The smallest absolute Gasteiger partial charge is 0.127 e. The number of hydrogen-bond acceptors (Lipinski definition) is 3. The number of methoxy groups -OCH3 is 1. The van der Waals surface area contributed by atoms with Crippen molar-refractivity contribution < 1.29 is 9.84 Å². The molecule has 4 heteroatoms. The lowest BCUT2D eigenvalue weighted by Crippen LogP contribution is -2.15. The minimum Gasteiger partial charge on any atom is -0.496 e. The van der Waals surface area contributed by atoms with E-state index in [-0.39, 0.29) is 12.6 Å². The summed E-state index contributed by atoms with van der Waals surface area (Å²) in [5, 5.41) is 8.92. The molecule has 0 bridgehead atoms. The fourth-order valence-corrected chi connectivity index (χ4v) is 2.78. The van der Waals surface area contributed by atoms with Crippen molar-refractivity contribution in [2.45, 2.75) is 39.7 Å². The van der Waals surface area contributed by atoms with Gasteiger partial charge in [0.15, 0.2) is 0 Å². The zero-order valence-electron chi connectivity index (χ0n) is 11.5. The lowest BCUT2D eigenvalue weighted by molar-refractivity contribution is 0.279. The Morgan fingerprint density at radius 1 is 1.22 bits per heavy atom. The SMILES string of the molecule is COc1c(C)c(C)c(Br)c(C)c1C(N)CCCO. The first-order valence-electron chi connectivity index (χ1n) is 6.15. The van der Waals surface area contributed by atoms with E-state index < -0.39 is 0 Å². The molecule has 0 aliphatic carbocycles. The number of rotatable bonds is 5. The number of ether oxygens (including phenoxy) is 1. The first-order chi connectivity index (χ1) is 8.45. The molecule has 0 saturated carbocycles. The number of aliphatic hydroxyl groups is 1. The molecule has 0 spiro atoms. The third-order valence-corrected chi connectivity index (χ3v) is 4.65. The number of hydrogen-bond donors (Lipinski definition) is 2. The van der Waals surface area contributed by atoms with Gasteiger partial charge >= 0.3 is 0 Å². The van der Waals surface area contributed by atoms with Crippen molar-refractivity contribution in [3.63, 3.8) is 0 Å². The van der Waals surface area contributed by atoms with Gasteiger partial charge in [0.05, 0.1) is 7.11 Å². The van der Waals surface area contributed by atoms with E-state index in [1.54, 1.807) is 7.11 Å². The van der Waals surface area contributed by atoms with Crippen molar-refractivity contribution in [3.05, 3.63) is 26.7 Å². The highest BCUT2D eigenvalue weighted by atomic mass is 79.9. The van der Waals surface area contributed by atoms with Crippen molar-refractivity contribution >= 4 is 15.9 Å². The van der Waals surface area contributed by atoms with Crippen LogP contribution in [-0.4, -0.2) is 18.8 Å². The average Bonchev–Trinajstić information content (AvgIpc) is 2.37. The van der Waals surface area contributed by atoms with Gasteiger partial charge < -0.3 is 15.6 Å². The molecule has 3 nitrogen and oxygen atoms in total. The zero-order chi connectivity index (χ0) is 13.9. The topological polar surface area (TPSA) is 55.5 Å². The molecule has 1 unspecified atom stereocenters. The van der Waals surface area contributed by atoms with Gasteiger partial charge in [-0.25, -0.2) is 0 Å². The van der Waals surface area contributed by atoms with Crippen LogP contribution >= 0.6 is 15.9 Å². The van der Waals surface area contributed by atoms with Crippen LogP contribution in [0.15, 0.2) is 4.47 Å². The summed E-state index contributed by atoms with van der Waals surface area (Å²) < 4.78 is 6.62. The standard InChI is InChI=1S/C14H22BrNO2/c1-8-9(2)14(18-4)12(10(3)13(8)15)11(16)6-5-7-17/h11,17H,5-7,16H2,1-4H3. The maximum absolute atomic E-state index is 8.92. The summed E-state index contributed by atoms with van der Waals surface area (Å²) in [6.07, 6.45) is 1.46. The van der Waals surface area contributed by atoms with Crippen LogP contribution in [0.5, 0.6) is 5.75 Å². The first kappa shape index (κ1) is 15.5. The monoisotopic (exact) mass is 315 g/mol. The molecular weight excluding hydrogens is 294 g/mol. The summed E-state index contributed by atoms with van der Waals surface area (Å²) in [4.78, 5) is 0. The molecule has 1 rings (SSSR count). The van der Waals surface area contributed by atoms with Gasteiger partial charge in [-0.15, -0.1) is 0 Å². The molecular formula is C14H22BrNO2. The molecule has 0 heterocycles. The van der Waals surface area contributed by atoms with E-state index in [9.17, 15) is 0 Å². The van der Waals surface area contributed by atoms with Gasteiger partial charge in [-0.2, -0.15) is 0 Å². The highest BCUT2D eigenvalue weighted by Gasteiger charge is 2.21. The maximum Gasteiger partial charge on any atom is 0.127 e. The third-order valence-electron chi connectivity index (χ3n) is 3.46. The van der Waals surface area contributed by atoms with Gasteiger partial charge in [0, 0.05) is 22.7 Å². The average molecular weight is 316 g/mol. The Balaban J connectivity index is 3.32. The van der Waals surface area contributed by atoms with Gasteiger partial charge in [0.1, 0.15) is 5.75 Å². The van der Waals surface area contributed by atoms with E-state index in [0.717, 1.165) is 33.3 Å². The first-order valence-corrected chi connectivity index (χ1v) is 6.94. The number of aliphatic hydroxyl groups excluding tert-OH is 1. The van der Waals surface area contributed by atoms with Gasteiger partial charge in [0.2, 0.25) is 0 Å². The van der Waals surface area contributed by atoms with Crippen molar-refractivity contribution in [2.24, 2.45) is 5.73 Å². The van der Waals surface area contributed by atoms with Gasteiger partial charge in [-0.1, -0.05) is 15.9 Å². The highest BCUT2D eigenvalue weighted by molar-refractivity contribution is 9.10. The van der Waals surface area contributed by atoms with E-state index in [1.165, 1.54) is 5.56 Å². The van der Waals surface area contributed by atoms with Crippen LogP contribution in [0.2, 0.25) is 0 Å². The Kier molecular flexibility index (Phi) is 5.63. The molecule has 0 fully saturated rings. The summed E-state index contributed by atoms with van der Waals surface area (Å²) >= 11 is 3.62. The van der Waals surface area contributed by atoms with Crippen molar-refractivity contribution in [2.75, 3.05) is 13.7 Å². The molecule has 1 aromatic carbocycles. The highest BCUT2D eigenvalue weighted by Crippen LogP contribution is 2.39. The van der Waals surface area contributed by atoms with E-state index in [4.69, 9.17) is 15.6 Å². The predicted octanol–water partition coefficient (Wildman–Crippen LogP) is 3.16. The Morgan fingerprint density at radius 3 is 2.33 bits per heavy atom. The van der Waals surface area contributed by atoms with Gasteiger partial charge in [-0.05, 0) is 50.3 Å². The lowest BCUT2D eigenvalue weighted by Gasteiger charge is -2.23. The summed E-state index contributed by atoms with van der Waals surface area (Å²) in [7, 11) is 1.68. The zero-order valence-corrected chi connectivity index (χ0v) is 13.1. The van der Waals surface area contributed by atoms with Crippen LogP contribution in [0.25, 0.3) is 0 Å². The van der Waals surface area contributed by atoms with E-state index >= 15 is 0 Å². The fourth-order valence-electron chi connectivity index (χ4n) is 2.27. The Labute approximate surface area is 117 Å². The molecule has 0 aliphatic heterocycles. The summed E-state index contributed by atoms with van der Waals surface area (Å²) in [5.74, 6) is 0.874. The number of benzene rings is 1. The summed E-state index contributed by atoms with van der Waals surface area (Å²) in [5.41, 5.74) is 10.7. The maximum atomic E-state index is 8.92. The molecule has 0 aromatic heterocycles. The quantitative estimate of drug-likeness (QED) is 0.877. The van der Waals surface area contributed by atoms with Gasteiger partial charge in [-0.3, -0.25) is 0 Å². The normalized spacial score (nSPS) is 12.6. The summed E-state index contributed by atoms with van der Waals surface area (Å²) in [6.45, 7) is 6.33. The molecule has 0 amide bonds. The fraction of sp³-hybridized carbons (Fsp3) is 0.571. The molecule has 1 atom stereocenters. The Hall–Kier alpha value is -0.580. The van der Waals surface area contributed by atoms with Crippen LogP contribution in [-0.2, 0) is 0 Å². The van der Waals surface area contributed by atoms with Crippen molar-refractivity contribution in [1.29, 1.82) is 0 Å². The Morgan fingerprint density at radius 2 is 1.83 bits per heavy atom. The number of nitrogens with two attached hydrogens (primary N) is 1. The molecule has 3 N–H and O–H groups in total. The minimum atomic E-state index is -0.109. The van der Waals surface area contributed by atoms with Gasteiger partial charge in [0.25, 0.3) is 0 Å². The van der Waals surface area contributed by atoms with E-state index in [1.807, 2.05) is 13.8 Å². The van der Waals surface area contributed by atoms with E-state index in [0.29, 0.717) is 6.42 Å². The largest absolute Gasteiger partial charge is 0.496 e. The van der Waals surface area contributed by atoms with Crippen molar-refractivity contribution in [1.82, 2.24) is 0 Å². The molecule has 0 radical (unpaired) electrons. The number of halogens is 1. The predicted molar refractivity (Wildman–Crippen MR) is 78.2 cm³/mol. The molecule has 0 saturated heterocycles. The second-order valence-corrected chi connectivity index (χ2v) is 5.40. The molecule has 18 heavy (non-hydrogen) atoms. The second-order valence-electron chi connectivity index (χ2n) is 4.61. The minimum absolute atomic E-state index is 0.109. The summed E-state index contributed by atoms with van der Waals surface area (Å²) in [6, 6.07) is -0.109. The molecule has 102 valence electrons. The Bertz CT molecular complexity index is 433. The third kappa shape index (κ3) is 2.87. The van der Waals surface area contributed by atoms with Crippen LogP contribution < -0.4 is 10.5 Å². The van der Waals surface area contributed by atoms with Crippen LogP contribution in [0, 0.1) is 20.8 Å². The second kappa shape index (κ2) is 6.55.